The summed E-state index contributed by atoms with van der Waals surface area (Å²) in [4.78, 5) is 6.90. The number of aromatic nitrogens is 3. The summed E-state index contributed by atoms with van der Waals surface area (Å²) in [6.07, 6.45) is 6.30. The van der Waals surface area contributed by atoms with E-state index in [4.69, 9.17) is 9.05 Å². The Labute approximate surface area is 110 Å². The summed E-state index contributed by atoms with van der Waals surface area (Å²) in [6.45, 7) is 1.80. The molecule has 1 aliphatic carbocycles. The van der Waals surface area contributed by atoms with E-state index in [1.807, 2.05) is 6.07 Å². The molecule has 2 aliphatic rings. The number of nitrogens with zero attached hydrogens (tertiary/aromatic N) is 4. The van der Waals surface area contributed by atoms with Gasteiger partial charge in [0.15, 0.2) is 11.6 Å². The number of hydrogen-bond acceptors (Lipinski definition) is 6. The van der Waals surface area contributed by atoms with Crippen LogP contribution in [0.3, 0.4) is 0 Å². The fourth-order valence-electron chi connectivity index (χ4n) is 2.71. The van der Waals surface area contributed by atoms with E-state index in [9.17, 15) is 0 Å². The zero-order chi connectivity index (χ0) is 12.7. The minimum atomic E-state index is 0.251. The second-order valence-corrected chi connectivity index (χ2v) is 5.37. The van der Waals surface area contributed by atoms with Crippen LogP contribution in [0.1, 0.15) is 55.1 Å². The molecule has 4 rings (SSSR count). The molecule has 2 fully saturated rings. The molecular formula is C13H16N4O2. The fourth-order valence-corrected chi connectivity index (χ4v) is 2.71. The Hall–Kier alpha value is -1.69. The van der Waals surface area contributed by atoms with Crippen LogP contribution in [0.25, 0.3) is 0 Å². The lowest BCUT2D eigenvalue weighted by Gasteiger charge is -2.19. The Balaban J connectivity index is 1.51. The SMILES string of the molecule is c1cc(CN2CCC[C@@H]2c2noc(C3CC3)n2)on1. The van der Waals surface area contributed by atoms with Gasteiger partial charge in [-0.25, -0.2) is 0 Å². The molecule has 0 bridgehead atoms. The van der Waals surface area contributed by atoms with Gasteiger partial charge in [-0.05, 0) is 32.2 Å². The van der Waals surface area contributed by atoms with Gasteiger partial charge < -0.3 is 9.05 Å². The third kappa shape index (κ3) is 2.16. The van der Waals surface area contributed by atoms with Gasteiger partial charge in [0, 0.05) is 12.0 Å². The Kier molecular flexibility index (Phi) is 2.61. The summed E-state index contributed by atoms with van der Waals surface area (Å²) >= 11 is 0. The standard InChI is InChI=1S/C13H16N4O2/c1-2-11(12-15-13(19-16-12)9-3-4-9)17(7-1)8-10-5-6-14-18-10/h5-6,9,11H,1-4,7-8H2/t11-/m1/s1. The second kappa shape index (κ2) is 4.45. The van der Waals surface area contributed by atoms with E-state index in [1.54, 1.807) is 6.20 Å². The average Bonchev–Trinajstić information content (AvgIpc) is 2.89. The summed E-state index contributed by atoms with van der Waals surface area (Å²) in [7, 11) is 0. The van der Waals surface area contributed by atoms with Gasteiger partial charge in [0.1, 0.15) is 0 Å². The van der Waals surface area contributed by atoms with Crippen LogP contribution >= 0.6 is 0 Å². The van der Waals surface area contributed by atoms with Crippen molar-refractivity contribution in [1.82, 2.24) is 20.2 Å². The second-order valence-electron chi connectivity index (χ2n) is 5.37. The molecule has 0 spiro atoms. The summed E-state index contributed by atoms with van der Waals surface area (Å²) in [5, 5.41) is 7.91. The topological polar surface area (TPSA) is 68.2 Å². The molecule has 0 radical (unpaired) electrons. The Morgan fingerprint density at radius 1 is 1.26 bits per heavy atom. The molecule has 2 aromatic rings. The van der Waals surface area contributed by atoms with Gasteiger partial charge in [-0.1, -0.05) is 10.3 Å². The first-order valence-corrected chi connectivity index (χ1v) is 6.87. The van der Waals surface area contributed by atoms with Crippen molar-refractivity contribution in [2.75, 3.05) is 6.54 Å². The molecule has 0 aromatic carbocycles. The molecule has 6 nitrogen and oxygen atoms in total. The molecule has 3 heterocycles. The van der Waals surface area contributed by atoms with Crippen molar-refractivity contribution in [2.45, 2.75) is 44.2 Å². The number of likely N-dealkylation sites (tertiary alicyclic amines) is 1. The van der Waals surface area contributed by atoms with Crippen LogP contribution in [-0.2, 0) is 6.54 Å². The predicted octanol–water partition coefficient (Wildman–Crippen LogP) is 2.27. The van der Waals surface area contributed by atoms with Crippen molar-refractivity contribution >= 4 is 0 Å². The smallest absolute Gasteiger partial charge is 0.229 e. The molecule has 0 unspecified atom stereocenters. The van der Waals surface area contributed by atoms with E-state index in [0.29, 0.717) is 5.92 Å². The molecule has 1 saturated heterocycles. The van der Waals surface area contributed by atoms with Crippen LogP contribution in [0.2, 0.25) is 0 Å². The lowest BCUT2D eigenvalue weighted by molar-refractivity contribution is 0.207. The first kappa shape index (κ1) is 11.2. The fraction of sp³-hybridized carbons (Fsp3) is 0.615. The number of hydrogen-bond donors (Lipinski definition) is 0. The van der Waals surface area contributed by atoms with Crippen molar-refractivity contribution < 1.29 is 9.05 Å². The van der Waals surface area contributed by atoms with E-state index in [1.165, 1.54) is 12.8 Å². The monoisotopic (exact) mass is 260 g/mol. The molecule has 100 valence electrons. The molecule has 19 heavy (non-hydrogen) atoms. The molecule has 0 N–H and O–H groups in total. The van der Waals surface area contributed by atoms with Gasteiger partial charge in [-0.3, -0.25) is 4.90 Å². The van der Waals surface area contributed by atoms with E-state index in [-0.39, 0.29) is 6.04 Å². The Morgan fingerprint density at radius 3 is 3.00 bits per heavy atom. The van der Waals surface area contributed by atoms with Crippen LogP contribution in [0, 0.1) is 0 Å². The lowest BCUT2D eigenvalue weighted by Crippen LogP contribution is -2.23. The van der Waals surface area contributed by atoms with Crippen LogP contribution in [-0.4, -0.2) is 26.7 Å². The van der Waals surface area contributed by atoms with Gasteiger partial charge in [0.2, 0.25) is 5.89 Å². The summed E-state index contributed by atoms with van der Waals surface area (Å²) in [6, 6.07) is 2.16. The maximum absolute atomic E-state index is 5.36. The van der Waals surface area contributed by atoms with E-state index in [0.717, 1.165) is 43.4 Å². The third-order valence-corrected chi connectivity index (χ3v) is 3.90. The van der Waals surface area contributed by atoms with E-state index >= 15 is 0 Å². The van der Waals surface area contributed by atoms with Gasteiger partial charge in [-0.2, -0.15) is 4.98 Å². The normalized spacial score (nSPS) is 24.1. The largest absolute Gasteiger partial charge is 0.360 e. The highest BCUT2D eigenvalue weighted by molar-refractivity contribution is 5.06. The van der Waals surface area contributed by atoms with Crippen LogP contribution in [0.5, 0.6) is 0 Å². The van der Waals surface area contributed by atoms with Gasteiger partial charge in [-0.15, -0.1) is 0 Å². The first-order chi connectivity index (χ1) is 9.40. The molecule has 1 aliphatic heterocycles. The van der Waals surface area contributed by atoms with Gasteiger partial charge >= 0.3 is 0 Å². The van der Waals surface area contributed by atoms with Crippen molar-refractivity contribution in [1.29, 1.82) is 0 Å². The average molecular weight is 260 g/mol. The molecule has 6 heteroatoms. The zero-order valence-electron chi connectivity index (χ0n) is 10.7. The molecule has 1 atom stereocenters. The molecular weight excluding hydrogens is 244 g/mol. The maximum Gasteiger partial charge on any atom is 0.229 e. The van der Waals surface area contributed by atoms with E-state index < -0.39 is 0 Å². The quantitative estimate of drug-likeness (QED) is 0.840. The minimum Gasteiger partial charge on any atom is -0.360 e. The highest BCUT2D eigenvalue weighted by Gasteiger charge is 2.34. The molecule has 1 saturated carbocycles. The number of rotatable bonds is 4. The Morgan fingerprint density at radius 2 is 2.21 bits per heavy atom. The summed E-state index contributed by atoms with van der Waals surface area (Å²) in [5.74, 6) is 3.06. The van der Waals surface area contributed by atoms with Crippen molar-refractivity contribution in [3.05, 3.63) is 29.7 Å². The molecule has 2 aromatic heterocycles. The minimum absolute atomic E-state index is 0.251. The highest BCUT2D eigenvalue weighted by atomic mass is 16.5. The predicted molar refractivity (Wildman–Crippen MR) is 65.2 cm³/mol. The first-order valence-electron chi connectivity index (χ1n) is 6.87. The Bertz CT molecular complexity index is 547. The third-order valence-electron chi connectivity index (χ3n) is 3.90. The summed E-state index contributed by atoms with van der Waals surface area (Å²) < 4.78 is 10.5. The zero-order valence-corrected chi connectivity index (χ0v) is 10.7. The van der Waals surface area contributed by atoms with Crippen molar-refractivity contribution in [3.8, 4) is 0 Å². The highest BCUT2D eigenvalue weighted by Crippen LogP contribution is 2.40. The van der Waals surface area contributed by atoms with E-state index in [2.05, 4.69) is 20.2 Å². The summed E-state index contributed by atoms with van der Waals surface area (Å²) in [5.41, 5.74) is 0. The van der Waals surface area contributed by atoms with Gasteiger partial charge in [0.25, 0.3) is 0 Å². The van der Waals surface area contributed by atoms with Crippen LogP contribution in [0.15, 0.2) is 21.3 Å². The van der Waals surface area contributed by atoms with Crippen LogP contribution < -0.4 is 0 Å². The van der Waals surface area contributed by atoms with Crippen molar-refractivity contribution in [2.24, 2.45) is 0 Å². The van der Waals surface area contributed by atoms with Gasteiger partial charge in [0.05, 0.1) is 18.8 Å². The maximum atomic E-state index is 5.36. The van der Waals surface area contributed by atoms with Crippen molar-refractivity contribution in [3.63, 3.8) is 0 Å². The van der Waals surface area contributed by atoms with Crippen LogP contribution in [0.4, 0.5) is 0 Å². The lowest BCUT2D eigenvalue weighted by atomic mass is 10.2. The molecule has 0 amide bonds.